The number of H-pyrrole nitrogens is 1. The fourth-order valence-corrected chi connectivity index (χ4v) is 7.53. The van der Waals surface area contributed by atoms with Crippen molar-refractivity contribution in [1.29, 1.82) is 0 Å². The van der Waals surface area contributed by atoms with Crippen molar-refractivity contribution in [3.8, 4) is 5.75 Å². The number of rotatable bonds is 12. The summed E-state index contributed by atoms with van der Waals surface area (Å²) in [7, 11) is 1.67. The van der Waals surface area contributed by atoms with Crippen LogP contribution in [-0.2, 0) is 24.3 Å². The van der Waals surface area contributed by atoms with Crippen LogP contribution in [0, 0.1) is 11.2 Å². The molecule has 0 aliphatic carbocycles. The van der Waals surface area contributed by atoms with Crippen LogP contribution in [0.4, 0.5) is 10.3 Å². The molecule has 0 bridgehead atoms. The minimum Gasteiger partial charge on any atom is -0.496 e. The van der Waals surface area contributed by atoms with Crippen molar-refractivity contribution in [2.75, 3.05) is 38.2 Å². The van der Waals surface area contributed by atoms with Crippen LogP contribution in [0.25, 0.3) is 11.0 Å². The number of aromatic nitrogens is 3. The molecule has 2 aliphatic rings. The van der Waals surface area contributed by atoms with Crippen molar-refractivity contribution in [1.82, 2.24) is 24.8 Å². The van der Waals surface area contributed by atoms with Gasteiger partial charge in [-0.05, 0) is 86.2 Å². The highest BCUT2D eigenvalue weighted by atomic mass is 19.1. The van der Waals surface area contributed by atoms with Crippen LogP contribution in [-0.4, -0.2) is 70.0 Å². The Labute approximate surface area is 281 Å². The summed E-state index contributed by atoms with van der Waals surface area (Å²) in [6.07, 6.45) is 7.88. The summed E-state index contributed by atoms with van der Waals surface area (Å²) in [5.41, 5.74) is 4.63. The van der Waals surface area contributed by atoms with Crippen molar-refractivity contribution >= 4 is 22.9 Å². The summed E-state index contributed by atoms with van der Waals surface area (Å²) in [5.74, 6) is 1.61. The number of anilines is 1. The molecule has 7 rings (SSSR count). The quantitative estimate of drug-likeness (QED) is 0.164. The van der Waals surface area contributed by atoms with E-state index in [4.69, 9.17) is 9.72 Å². The third kappa shape index (κ3) is 6.92. The molecule has 2 saturated heterocycles. The number of para-hydroxylation sites is 3. The van der Waals surface area contributed by atoms with Gasteiger partial charge in [0.25, 0.3) is 0 Å². The Morgan fingerprint density at radius 2 is 1.75 bits per heavy atom. The van der Waals surface area contributed by atoms with Gasteiger partial charge in [-0.2, -0.15) is 0 Å². The molecule has 8 nitrogen and oxygen atoms in total. The Balaban J connectivity index is 1.05. The highest BCUT2D eigenvalue weighted by molar-refractivity contribution is 5.85. The zero-order valence-corrected chi connectivity index (χ0v) is 27.5. The van der Waals surface area contributed by atoms with E-state index in [2.05, 4.69) is 31.9 Å². The van der Waals surface area contributed by atoms with Crippen molar-refractivity contribution in [3.05, 3.63) is 120 Å². The van der Waals surface area contributed by atoms with Gasteiger partial charge in [-0.15, -0.1) is 0 Å². The fourth-order valence-electron chi connectivity index (χ4n) is 7.53. The number of hydrogen-bond acceptors (Lipinski definition) is 6. The summed E-state index contributed by atoms with van der Waals surface area (Å²) in [5, 5.41) is 0. The lowest BCUT2D eigenvalue weighted by Crippen LogP contribution is -2.46. The van der Waals surface area contributed by atoms with Crippen LogP contribution in [0.1, 0.15) is 42.4 Å². The molecule has 0 spiro atoms. The molecule has 1 amide bonds. The lowest BCUT2D eigenvalue weighted by atomic mass is 9.77. The van der Waals surface area contributed by atoms with Gasteiger partial charge in [-0.1, -0.05) is 48.5 Å². The minimum absolute atomic E-state index is 0.181. The molecule has 2 fully saturated rings. The maximum atomic E-state index is 14.3. The first kappa shape index (κ1) is 31.8. The van der Waals surface area contributed by atoms with E-state index in [0.717, 1.165) is 91.3 Å². The van der Waals surface area contributed by atoms with Crippen molar-refractivity contribution in [2.45, 2.75) is 51.2 Å². The molecule has 2 aromatic heterocycles. The third-order valence-electron chi connectivity index (χ3n) is 10.2. The van der Waals surface area contributed by atoms with Crippen LogP contribution in [0.15, 0.2) is 97.3 Å². The number of amides is 1. The lowest BCUT2D eigenvalue weighted by molar-refractivity contribution is -0.137. The number of ether oxygens (including phenoxy) is 1. The summed E-state index contributed by atoms with van der Waals surface area (Å²) in [6.45, 7) is 4.68. The van der Waals surface area contributed by atoms with Gasteiger partial charge >= 0.3 is 0 Å². The normalized spacial score (nSPS) is 18.9. The van der Waals surface area contributed by atoms with Crippen molar-refractivity contribution in [3.63, 3.8) is 0 Å². The Hall–Kier alpha value is -4.76. The predicted octanol–water partition coefficient (Wildman–Crippen LogP) is 6.63. The first-order chi connectivity index (χ1) is 23.5. The zero-order chi connectivity index (χ0) is 32.9. The van der Waals surface area contributed by atoms with E-state index in [0.29, 0.717) is 25.6 Å². The number of benzene rings is 3. The Bertz CT molecular complexity index is 1790. The van der Waals surface area contributed by atoms with Gasteiger partial charge < -0.3 is 24.4 Å². The molecule has 1 unspecified atom stereocenters. The number of nitrogens with zero attached hydrogens (tertiary/aromatic N) is 5. The molecule has 5 aromatic rings. The molecule has 48 heavy (non-hydrogen) atoms. The Kier molecular flexibility index (Phi) is 9.38. The number of nitrogens with one attached hydrogen (secondary N) is 1. The first-order valence-electron chi connectivity index (χ1n) is 17.0. The Morgan fingerprint density at radius 3 is 2.52 bits per heavy atom. The number of imidazole rings is 1. The predicted molar refractivity (Wildman–Crippen MR) is 186 cm³/mol. The summed E-state index contributed by atoms with van der Waals surface area (Å²) in [4.78, 5) is 34.1. The van der Waals surface area contributed by atoms with Crippen LogP contribution in [0.2, 0.25) is 0 Å². The highest BCUT2D eigenvalue weighted by Gasteiger charge is 2.46. The van der Waals surface area contributed by atoms with Crippen LogP contribution in [0.5, 0.6) is 5.75 Å². The minimum atomic E-state index is -0.530. The molecule has 4 heterocycles. The molecule has 2 aliphatic heterocycles. The SMILES string of the molecule is COc1ccccc1CN1CCC(CCN2CCC(N(Cc3cccnc3)c3nc4ccccc4[nH]3)CC2)(Cc2ccc(F)cc2)C1=O. The number of piperidine rings is 1. The second-order valence-electron chi connectivity index (χ2n) is 13.3. The smallest absolute Gasteiger partial charge is 0.229 e. The number of carbonyl (C=O) groups excluding carboxylic acids is 1. The molecule has 9 heteroatoms. The van der Waals surface area contributed by atoms with E-state index < -0.39 is 5.41 Å². The molecular weight excluding hydrogens is 603 g/mol. The third-order valence-corrected chi connectivity index (χ3v) is 10.2. The van der Waals surface area contributed by atoms with Gasteiger partial charge in [0.1, 0.15) is 11.6 Å². The molecule has 0 saturated carbocycles. The van der Waals surface area contributed by atoms with Gasteiger partial charge in [0.2, 0.25) is 11.9 Å². The van der Waals surface area contributed by atoms with Gasteiger partial charge in [-0.3, -0.25) is 9.78 Å². The molecule has 1 atom stereocenters. The van der Waals surface area contributed by atoms with Gasteiger partial charge in [0, 0.05) is 56.7 Å². The maximum Gasteiger partial charge on any atom is 0.229 e. The number of likely N-dealkylation sites (tertiary alicyclic amines) is 2. The van der Waals surface area contributed by atoms with E-state index in [1.54, 1.807) is 7.11 Å². The van der Waals surface area contributed by atoms with E-state index >= 15 is 0 Å². The van der Waals surface area contributed by atoms with Crippen LogP contribution >= 0.6 is 0 Å². The first-order valence-corrected chi connectivity index (χ1v) is 17.0. The molecule has 3 aromatic carbocycles. The largest absolute Gasteiger partial charge is 0.496 e. The van der Waals surface area contributed by atoms with Crippen molar-refractivity contribution < 1.29 is 13.9 Å². The number of carbonyl (C=O) groups is 1. The van der Waals surface area contributed by atoms with Gasteiger partial charge in [-0.25, -0.2) is 9.37 Å². The number of halogens is 1. The monoisotopic (exact) mass is 646 g/mol. The van der Waals surface area contributed by atoms with E-state index in [-0.39, 0.29) is 11.7 Å². The second-order valence-corrected chi connectivity index (χ2v) is 13.3. The standard InChI is InChI=1S/C39H43FN6O2/c1-48-36-11-5-2-8-31(36)28-45-24-19-39(37(45)47,25-29-12-14-32(40)15-13-29)18-23-44-21-16-33(17-22-44)46(27-30-7-6-20-41-26-30)38-42-34-9-3-4-10-35(34)43-38/h2-15,20,26,33H,16-19,21-25,27-28H2,1H3,(H,42,43). The lowest BCUT2D eigenvalue weighted by Gasteiger charge is -2.39. The molecule has 0 radical (unpaired) electrons. The molecule has 1 N–H and O–H groups in total. The highest BCUT2D eigenvalue weighted by Crippen LogP contribution is 2.41. The van der Waals surface area contributed by atoms with Gasteiger partial charge in [0.15, 0.2) is 0 Å². The Morgan fingerprint density at radius 1 is 0.958 bits per heavy atom. The maximum absolute atomic E-state index is 14.3. The second kappa shape index (κ2) is 14.2. The summed E-state index contributed by atoms with van der Waals surface area (Å²) < 4.78 is 19.4. The number of fused-ring (bicyclic) bond motifs is 1. The van der Waals surface area contributed by atoms with Crippen LogP contribution < -0.4 is 9.64 Å². The fraction of sp³-hybridized carbons (Fsp3) is 0.359. The summed E-state index contributed by atoms with van der Waals surface area (Å²) in [6, 6.07) is 27.1. The van der Waals surface area contributed by atoms with Crippen molar-refractivity contribution in [2.24, 2.45) is 5.41 Å². The van der Waals surface area contributed by atoms with Crippen LogP contribution in [0.3, 0.4) is 0 Å². The van der Waals surface area contributed by atoms with E-state index in [9.17, 15) is 9.18 Å². The average Bonchev–Trinajstić information content (AvgIpc) is 3.69. The molecule has 248 valence electrons. The average molecular weight is 647 g/mol. The summed E-state index contributed by atoms with van der Waals surface area (Å²) >= 11 is 0. The topological polar surface area (TPSA) is 77.6 Å². The zero-order valence-electron chi connectivity index (χ0n) is 27.5. The number of pyridine rings is 1. The number of aromatic amines is 1. The van der Waals surface area contributed by atoms with E-state index in [1.165, 1.54) is 12.1 Å². The van der Waals surface area contributed by atoms with Gasteiger partial charge in [0.05, 0.1) is 23.6 Å². The number of hydrogen-bond donors (Lipinski definition) is 1. The van der Waals surface area contributed by atoms with E-state index in [1.807, 2.05) is 78.0 Å². The molecular formula is C39H43FN6O2. The number of methoxy groups -OCH3 is 1.